The Bertz CT molecular complexity index is 2450. The zero-order valence-corrected chi connectivity index (χ0v) is 31.6. The normalized spacial score (nSPS) is 11.8. The lowest BCUT2D eigenvalue weighted by atomic mass is 9.97. The van der Waals surface area contributed by atoms with Crippen molar-refractivity contribution in [2.45, 2.75) is 44.4 Å². The van der Waals surface area contributed by atoms with Gasteiger partial charge in [-0.05, 0) is 95.5 Å². The first kappa shape index (κ1) is 37.3. The van der Waals surface area contributed by atoms with Gasteiger partial charge in [0.25, 0.3) is 0 Å². The average Bonchev–Trinajstić information content (AvgIpc) is 3.50. The Morgan fingerprint density at radius 2 is 1.40 bits per heavy atom. The van der Waals surface area contributed by atoms with Gasteiger partial charge in [-0.2, -0.15) is 5.26 Å². The topological polar surface area (TPSA) is 95.1 Å². The van der Waals surface area contributed by atoms with Crippen molar-refractivity contribution in [3.8, 4) is 17.2 Å². The number of carboxylic acid groups (broad SMARTS) is 1. The monoisotopic (exact) mass is 741 g/mol. The van der Waals surface area contributed by atoms with E-state index in [-0.39, 0.29) is 11.6 Å². The van der Waals surface area contributed by atoms with E-state index in [4.69, 9.17) is 0 Å². The maximum atomic E-state index is 13.8. The van der Waals surface area contributed by atoms with Gasteiger partial charge in [0.15, 0.2) is 0 Å². The van der Waals surface area contributed by atoms with E-state index in [1.54, 1.807) is 12.1 Å². The Balaban J connectivity index is 1.23. The first-order valence-corrected chi connectivity index (χ1v) is 20.0. The minimum absolute atomic E-state index is 0.0857. The molecule has 0 spiro atoms. The van der Waals surface area contributed by atoms with Crippen LogP contribution in [0.25, 0.3) is 22.0 Å². The molecule has 274 valence electrons. The fraction of sp³-hybridized carbons (Fsp3) is 0.167. The van der Waals surface area contributed by atoms with Gasteiger partial charge in [0.1, 0.15) is 0 Å². The van der Waals surface area contributed by atoms with Crippen molar-refractivity contribution < 1.29 is 14.1 Å². The largest absolute Gasteiger partial charge is 0.478 e. The summed E-state index contributed by atoms with van der Waals surface area (Å²) < 4.78 is 19.6. The molecule has 0 radical (unpaired) electrons. The molecule has 1 aromatic heterocycles. The van der Waals surface area contributed by atoms with Crippen molar-refractivity contribution in [3.63, 3.8) is 0 Å². The molecule has 2 N–H and O–H groups in total. The number of nitriles is 1. The Labute approximate surface area is 325 Å². The van der Waals surface area contributed by atoms with Crippen LogP contribution >= 0.6 is 0 Å². The van der Waals surface area contributed by atoms with Gasteiger partial charge in [0, 0.05) is 29.6 Å². The number of aryl methyl sites for hydroxylation is 3. The van der Waals surface area contributed by atoms with E-state index in [0.29, 0.717) is 24.3 Å². The molecule has 0 fully saturated rings. The summed E-state index contributed by atoms with van der Waals surface area (Å²) >= 11 is 0. The number of carboxylic acids is 1. The van der Waals surface area contributed by atoms with Crippen LogP contribution in [0.5, 0.6) is 0 Å². The molecule has 1 heterocycles. The molecule has 0 aliphatic rings. The third-order valence-electron chi connectivity index (χ3n) is 10.2. The maximum Gasteiger partial charge on any atom is 0.335 e. The van der Waals surface area contributed by atoms with Gasteiger partial charge in [-0.1, -0.05) is 127 Å². The molecule has 1 unspecified atom stereocenters. The van der Waals surface area contributed by atoms with Crippen LogP contribution in [-0.4, -0.2) is 26.4 Å². The summed E-state index contributed by atoms with van der Waals surface area (Å²) in [6.07, 6.45) is 3.18. The lowest BCUT2D eigenvalue weighted by Crippen LogP contribution is -2.24. The quantitative estimate of drug-likeness (QED) is 0.109. The fourth-order valence-corrected chi connectivity index (χ4v) is 8.60. The van der Waals surface area contributed by atoms with Crippen LogP contribution in [0.2, 0.25) is 0 Å². The van der Waals surface area contributed by atoms with Crippen LogP contribution in [0, 0.1) is 18.3 Å². The van der Waals surface area contributed by atoms with Gasteiger partial charge < -0.3 is 9.67 Å². The van der Waals surface area contributed by atoms with E-state index in [1.807, 2.05) is 72.8 Å². The van der Waals surface area contributed by atoms with Gasteiger partial charge in [-0.15, -0.1) is 0 Å². The predicted molar refractivity (Wildman–Crippen MR) is 222 cm³/mol. The van der Waals surface area contributed by atoms with Crippen molar-refractivity contribution in [2.24, 2.45) is 0 Å². The second-order valence-electron chi connectivity index (χ2n) is 13.8. The Hall–Kier alpha value is -6.07. The number of nitrogens with one attached hydrogen (secondary N) is 1. The third kappa shape index (κ3) is 8.52. The highest BCUT2D eigenvalue weighted by Gasteiger charge is 2.25. The first-order valence-electron chi connectivity index (χ1n) is 18.6. The number of nitrogens with zero attached hydrogens (tertiary/aromatic N) is 2. The van der Waals surface area contributed by atoms with Crippen LogP contribution in [0.1, 0.15) is 67.5 Å². The summed E-state index contributed by atoms with van der Waals surface area (Å²) in [7, 11) is -1.37. The highest BCUT2D eigenvalue weighted by atomic mass is 32.2. The number of aromatic carboxylic acids is 1. The van der Waals surface area contributed by atoms with Crippen LogP contribution in [0.3, 0.4) is 0 Å². The fourth-order valence-electron chi connectivity index (χ4n) is 7.64. The Kier molecular flexibility index (Phi) is 11.8. The molecule has 6 aromatic carbocycles. The van der Waals surface area contributed by atoms with E-state index < -0.39 is 17.0 Å². The molecule has 1 atom stereocenters. The lowest BCUT2D eigenvalue weighted by Gasteiger charge is -2.25. The molecular weight excluding hydrogens is 699 g/mol. The number of rotatable bonds is 15. The van der Waals surface area contributed by atoms with Gasteiger partial charge in [-0.3, -0.25) is 0 Å². The lowest BCUT2D eigenvalue weighted by molar-refractivity contribution is 0.0697. The molecule has 0 aliphatic carbocycles. The van der Waals surface area contributed by atoms with Crippen LogP contribution in [0.4, 0.5) is 0 Å². The summed E-state index contributed by atoms with van der Waals surface area (Å²) in [5.41, 5.74) is 11.9. The molecule has 7 rings (SSSR count). The third-order valence-corrected chi connectivity index (χ3v) is 11.3. The minimum atomic E-state index is -1.37. The number of benzene rings is 6. The van der Waals surface area contributed by atoms with Crippen molar-refractivity contribution in [3.05, 3.63) is 202 Å². The number of aromatic nitrogens is 1. The number of hydrogen-bond donors (Lipinski definition) is 2. The maximum absolute atomic E-state index is 13.8. The highest BCUT2D eigenvalue weighted by Crippen LogP contribution is 2.37. The van der Waals surface area contributed by atoms with Crippen molar-refractivity contribution in [1.29, 1.82) is 5.26 Å². The summed E-state index contributed by atoms with van der Waals surface area (Å²) in [6, 6.07) is 52.7. The summed E-state index contributed by atoms with van der Waals surface area (Å²) in [6.45, 7) is 2.63. The molecule has 0 saturated heterocycles. The number of fused-ring (bicyclic) bond motifs is 1. The zero-order valence-electron chi connectivity index (χ0n) is 30.8. The molecule has 0 bridgehead atoms. The van der Waals surface area contributed by atoms with Crippen LogP contribution < -0.4 is 4.72 Å². The average molecular weight is 742 g/mol. The van der Waals surface area contributed by atoms with E-state index in [1.165, 1.54) is 33.3 Å². The highest BCUT2D eigenvalue weighted by molar-refractivity contribution is 7.82. The molecule has 0 aliphatic heterocycles. The number of carbonyl (C=O) groups is 1. The molecule has 0 saturated carbocycles. The summed E-state index contributed by atoms with van der Waals surface area (Å²) in [5, 5.41) is 20.4. The second kappa shape index (κ2) is 17.4. The Morgan fingerprint density at radius 3 is 2.07 bits per heavy atom. The molecule has 7 heteroatoms. The smallest absolute Gasteiger partial charge is 0.335 e. The van der Waals surface area contributed by atoms with Crippen molar-refractivity contribution in [2.75, 3.05) is 6.54 Å². The van der Waals surface area contributed by atoms with Crippen molar-refractivity contribution >= 4 is 27.9 Å². The van der Waals surface area contributed by atoms with E-state index in [0.717, 1.165) is 47.0 Å². The molecule has 0 amide bonds. The van der Waals surface area contributed by atoms with E-state index in [9.17, 15) is 19.4 Å². The van der Waals surface area contributed by atoms with Gasteiger partial charge in [0.05, 0.1) is 40.0 Å². The zero-order chi connectivity index (χ0) is 38.1. The van der Waals surface area contributed by atoms with Crippen LogP contribution in [0.15, 0.2) is 152 Å². The van der Waals surface area contributed by atoms with Crippen molar-refractivity contribution in [1.82, 2.24) is 9.29 Å². The first-order chi connectivity index (χ1) is 26.9. The van der Waals surface area contributed by atoms with Gasteiger partial charge in [-0.25, -0.2) is 13.7 Å². The van der Waals surface area contributed by atoms with Gasteiger partial charge in [0.2, 0.25) is 0 Å². The minimum Gasteiger partial charge on any atom is -0.478 e. The van der Waals surface area contributed by atoms with E-state index in [2.05, 4.69) is 89.0 Å². The summed E-state index contributed by atoms with van der Waals surface area (Å²) in [5.74, 6) is -0.615. The van der Waals surface area contributed by atoms with Gasteiger partial charge >= 0.3 is 5.97 Å². The number of hydrogen-bond acceptors (Lipinski definition) is 3. The SMILES string of the molecule is Cc1ccc2c(c1)c(CCCc1ccc(C(=O)O)cc1)c(CCNS(=O)Cc1ccccc1-c1ccccc1C#N)n2C(c1ccccc1)c1ccccc1. The molecule has 6 nitrogen and oxygen atoms in total. The van der Waals surface area contributed by atoms with E-state index >= 15 is 0 Å². The standard InChI is InChI=1S/C48H43N3O3S/c1-34-23-28-45-44(31-34)43(22-12-13-35-24-26-38(27-25-35)48(52)53)46(51(45)47(36-14-4-2-5-15-36)37-16-6-3-7-17-37)29-30-50-55(54)33-40-19-9-11-21-42(40)41-20-10-8-18-39(41)32-49/h2-11,14-21,23-28,31,47,50H,12-13,22,29-30,33H2,1H3,(H,52,53). The molecular formula is C48H43N3O3S. The predicted octanol–water partition coefficient (Wildman–Crippen LogP) is 10.00. The molecule has 55 heavy (non-hydrogen) atoms. The molecule has 7 aromatic rings. The second-order valence-corrected chi connectivity index (χ2v) is 15.1. The summed E-state index contributed by atoms with van der Waals surface area (Å²) in [4.78, 5) is 11.4. The Morgan fingerprint density at radius 1 is 0.764 bits per heavy atom. The van der Waals surface area contributed by atoms with Crippen LogP contribution in [-0.2, 0) is 36.0 Å².